The van der Waals surface area contributed by atoms with Crippen molar-refractivity contribution in [3.05, 3.63) is 60.2 Å². The summed E-state index contributed by atoms with van der Waals surface area (Å²) in [5, 5.41) is 1.69. The molecule has 0 aromatic heterocycles. The molecule has 0 aliphatic carbocycles. The molecule has 16 heavy (non-hydrogen) atoms. The number of nitrogens with zero attached hydrogens (tertiary/aromatic N) is 1. The summed E-state index contributed by atoms with van der Waals surface area (Å²) in [4.78, 5) is 0. The molecule has 0 atom stereocenters. The number of benzene rings is 2. The fraction of sp³-hybridized carbons (Fsp3) is 0.0769. The van der Waals surface area contributed by atoms with Crippen LogP contribution in [0.4, 0.5) is 11.4 Å². The fourth-order valence-electron chi connectivity index (χ4n) is 1.57. The Hall–Kier alpha value is -2.00. The first-order chi connectivity index (χ1) is 7.77. The minimum Gasteiger partial charge on any atom is -0.398 e. The Balaban J connectivity index is 2.14. The Bertz CT molecular complexity index is 454. The number of para-hydroxylation sites is 2. The van der Waals surface area contributed by atoms with Crippen molar-refractivity contribution in [3.8, 4) is 0 Å². The van der Waals surface area contributed by atoms with E-state index in [0.717, 1.165) is 16.9 Å². The van der Waals surface area contributed by atoms with Crippen molar-refractivity contribution in [1.29, 1.82) is 0 Å². The largest absolute Gasteiger partial charge is 0.398 e. The van der Waals surface area contributed by atoms with E-state index in [2.05, 4.69) is 0 Å². The van der Waals surface area contributed by atoms with Gasteiger partial charge in [-0.3, -0.25) is 0 Å². The molecule has 0 saturated heterocycles. The summed E-state index contributed by atoms with van der Waals surface area (Å²) < 4.78 is 0. The van der Waals surface area contributed by atoms with Crippen LogP contribution in [-0.2, 0) is 6.54 Å². The average molecular weight is 213 g/mol. The van der Waals surface area contributed by atoms with Gasteiger partial charge in [0.1, 0.15) is 0 Å². The second-order valence-corrected chi connectivity index (χ2v) is 3.66. The van der Waals surface area contributed by atoms with Crippen molar-refractivity contribution in [2.45, 2.75) is 6.54 Å². The summed E-state index contributed by atoms with van der Waals surface area (Å²) in [6.07, 6.45) is 0. The van der Waals surface area contributed by atoms with Crippen LogP contribution >= 0.6 is 0 Å². The van der Waals surface area contributed by atoms with Crippen molar-refractivity contribution in [1.82, 2.24) is 0 Å². The van der Waals surface area contributed by atoms with Crippen LogP contribution in [0.25, 0.3) is 0 Å². The Morgan fingerprint density at radius 1 is 0.875 bits per heavy atom. The first kappa shape index (κ1) is 10.5. The molecule has 0 aliphatic rings. The minimum atomic E-state index is 0.608. The van der Waals surface area contributed by atoms with Gasteiger partial charge in [-0.05, 0) is 23.8 Å². The zero-order chi connectivity index (χ0) is 11.4. The molecule has 82 valence electrons. The van der Waals surface area contributed by atoms with Gasteiger partial charge in [0, 0.05) is 5.69 Å². The molecule has 0 bridgehead atoms. The van der Waals surface area contributed by atoms with Gasteiger partial charge in [-0.15, -0.1) is 0 Å². The molecule has 0 saturated carbocycles. The van der Waals surface area contributed by atoms with Crippen LogP contribution < -0.4 is 16.6 Å². The van der Waals surface area contributed by atoms with Crippen molar-refractivity contribution in [2.24, 2.45) is 5.84 Å². The smallest absolute Gasteiger partial charge is 0.0612 e. The predicted octanol–water partition coefficient (Wildman–Crippen LogP) is 2.15. The normalized spacial score (nSPS) is 10.1. The highest BCUT2D eigenvalue weighted by atomic mass is 15.4. The Morgan fingerprint density at radius 2 is 1.50 bits per heavy atom. The number of nitrogen functional groups attached to an aromatic ring is 1. The molecule has 0 radical (unpaired) electrons. The van der Waals surface area contributed by atoms with Gasteiger partial charge >= 0.3 is 0 Å². The van der Waals surface area contributed by atoms with Gasteiger partial charge in [0.25, 0.3) is 0 Å². The van der Waals surface area contributed by atoms with E-state index >= 15 is 0 Å². The molecular formula is C13H15N3. The van der Waals surface area contributed by atoms with E-state index in [4.69, 9.17) is 11.6 Å². The molecule has 0 unspecified atom stereocenters. The Kier molecular flexibility index (Phi) is 3.08. The average Bonchev–Trinajstić information content (AvgIpc) is 2.33. The zero-order valence-corrected chi connectivity index (χ0v) is 9.01. The number of nitrogens with two attached hydrogens (primary N) is 2. The van der Waals surface area contributed by atoms with Gasteiger partial charge < -0.3 is 10.7 Å². The lowest BCUT2D eigenvalue weighted by Crippen LogP contribution is -2.30. The third-order valence-corrected chi connectivity index (χ3v) is 2.48. The highest BCUT2D eigenvalue weighted by Gasteiger charge is 2.03. The monoisotopic (exact) mass is 213 g/mol. The molecule has 3 nitrogen and oxygen atoms in total. The third kappa shape index (κ3) is 2.32. The zero-order valence-electron chi connectivity index (χ0n) is 9.01. The van der Waals surface area contributed by atoms with E-state index in [9.17, 15) is 0 Å². The molecular weight excluding hydrogens is 198 g/mol. The molecule has 0 heterocycles. The summed E-state index contributed by atoms with van der Waals surface area (Å²) in [6, 6.07) is 17.6. The van der Waals surface area contributed by atoms with Crippen LogP contribution in [0, 0.1) is 0 Å². The molecule has 3 heteroatoms. The maximum atomic E-state index is 5.97. The molecule has 0 amide bonds. The lowest BCUT2D eigenvalue weighted by molar-refractivity contribution is 0.855. The Labute approximate surface area is 95.3 Å². The summed E-state index contributed by atoms with van der Waals surface area (Å²) >= 11 is 0. The van der Waals surface area contributed by atoms with Gasteiger partial charge in [-0.1, -0.05) is 36.4 Å². The van der Waals surface area contributed by atoms with Crippen LogP contribution in [0.3, 0.4) is 0 Å². The van der Waals surface area contributed by atoms with Gasteiger partial charge in [0.15, 0.2) is 0 Å². The highest BCUT2D eigenvalue weighted by molar-refractivity contribution is 5.51. The van der Waals surface area contributed by atoms with E-state index in [1.165, 1.54) is 0 Å². The van der Waals surface area contributed by atoms with Crippen LogP contribution in [0.2, 0.25) is 0 Å². The Morgan fingerprint density at radius 3 is 2.19 bits per heavy atom. The molecule has 2 rings (SSSR count). The van der Waals surface area contributed by atoms with E-state index in [1.807, 2.05) is 54.6 Å². The topological polar surface area (TPSA) is 55.3 Å². The molecule has 0 fully saturated rings. The van der Waals surface area contributed by atoms with E-state index in [-0.39, 0.29) is 0 Å². The van der Waals surface area contributed by atoms with Crippen LogP contribution in [-0.4, -0.2) is 0 Å². The van der Waals surface area contributed by atoms with E-state index in [1.54, 1.807) is 5.01 Å². The van der Waals surface area contributed by atoms with Crippen molar-refractivity contribution in [2.75, 3.05) is 10.7 Å². The lowest BCUT2D eigenvalue weighted by Gasteiger charge is -2.19. The standard InChI is InChI=1S/C13H15N3/c14-13-9-5-4-6-11(13)10-16(15)12-7-2-1-3-8-12/h1-9H,10,14-15H2. The van der Waals surface area contributed by atoms with Gasteiger partial charge in [0.05, 0.1) is 12.2 Å². The lowest BCUT2D eigenvalue weighted by atomic mass is 10.1. The minimum absolute atomic E-state index is 0.608. The molecule has 2 aromatic carbocycles. The second-order valence-electron chi connectivity index (χ2n) is 3.66. The summed E-state index contributed by atoms with van der Waals surface area (Å²) in [5.74, 6) is 5.97. The number of rotatable bonds is 3. The van der Waals surface area contributed by atoms with Crippen LogP contribution in [0.15, 0.2) is 54.6 Å². The number of hydrogen-bond acceptors (Lipinski definition) is 3. The fourth-order valence-corrected chi connectivity index (χ4v) is 1.57. The SMILES string of the molecule is Nc1ccccc1CN(N)c1ccccc1. The number of hydrogen-bond donors (Lipinski definition) is 2. The second kappa shape index (κ2) is 4.68. The molecule has 0 spiro atoms. The molecule has 2 aromatic rings. The van der Waals surface area contributed by atoms with Crippen molar-refractivity contribution in [3.63, 3.8) is 0 Å². The van der Waals surface area contributed by atoms with Gasteiger partial charge in [-0.2, -0.15) is 0 Å². The summed E-state index contributed by atoms with van der Waals surface area (Å²) in [6.45, 7) is 0.608. The first-order valence-electron chi connectivity index (χ1n) is 5.18. The quantitative estimate of drug-likeness (QED) is 0.466. The number of hydrazine groups is 1. The van der Waals surface area contributed by atoms with Crippen molar-refractivity contribution < 1.29 is 0 Å². The van der Waals surface area contributed by atoms with E-state index in [0.29, 0.717) is 6.54 Å². The molecule has 0 aliphatic heterocycles. The predicted molar refractivity (Wildman–Crippen MR) is 67.7 cm³/mol. The third-order valence-electron chi connectivity index (χ3n) is 2.48. The highest BCUT2D eigenvalue weighted by Crippen LogP contribution is 2.16. The van der Waals surface area contributed by atoms with Gasteiger partial charge in [0.2, 0.25) is 0 Å². The van der Waals surface area contributed by atoms with Gasteiger partial charge in [-0.25, -0.2) is 5.84 Å². The van der Waals surface area contributed by atoms with Crippen molar-refractivity contribution >= 4 is 11.4 Å². The van der Waals surface area contributed by atoms with E-state index < -0.39 is 0 Å². The maximum Gasteiger partial charge on any atom is 0.0612 e. The first-order valence-corrected chi connectivity index (χ1v) is 5.18. The van der Waals surface area contributed by atoms with Crippen LogP contribution in [0.1, 0.15) is 5.56 Å². The summed E-state index contributed by atoms with van der Waals surface area (Å²) in [7, 11) is 0. The van der Waals surface area contributed by atoms with Crippen LogP contribution in [0.5, 0.6) is 0 Å². The maximum absolute atomic E-state index is 5.97. The number of anilines is 2. The summed E-state index contributed by atoms with van der Waals surface area (Å²) in [5.41, 5.74) is 8.65. The molecule has 4 N–H and O–H groups in total.